The second-order valence-corrected chi connectivity index (χ2v) is 1.62. The molecule has 0 saturated carbocycles. The highest BCUT2D eigenvalue weighted by molar-refractivity contribution is 4.71. The molecule has 1 heterocycles. The lowest BCUT2D eigenvalue weighted by molar-refractivity contribution is 0.107. The lowest BCUT2D eigenvalue weighted by atomic mass is 10.3. The summed E-state index contributed by atoms with van der Waals surface area (Å²) >= 11 is 0. The van der Waals surface area contributed by atoms with Crippen molar-refractivity contribution in [1.82, 2.24) is 0 Å². The molecule has 0 aromatic rings. The molecule has 1 N–H and O–H groups in total. The molecule has 2 nitrogen and oxygen atoms in total. The number of hydrogen-bond acceptors (Lipinski definition) is 2. The third-order valence-corrected chi connectivity index (χ3v) is 0.983. The zero-order valence-electron chi connectivity index (χ0n) is 3.80. The van der Waals surface area contributed by atoms with Gasteiger partial charge in [0.15, 0.2) is 6.17 Å². The predicted molar refractivity (Wildman–Crippen MR) is 21.7 cm³/mol. The van der Waals surface area contributed by atoms with Gasteiger partial charge in [0.25, 0.3) is 0 Å². The smallest absolute Gasteiger partial charge is 0.151 e. The number of alkyl halides is 1. The standard InChI is InChI=1S/C4H7FO2/c5-3-1-7-2-4(3)6/h3-4,6H,1-2H2. The minimum absolute atomic E-state index is 0.0567. The molecule has 1 aliphatic rings. The quantitative estimate of drug-likeness (QED) is 0.460. The van der Waals surface area contributed by atoms with Gasteiger partial charge in [0, 0.05) is 0 Å². The molecular formula is C4H7FO2. The molecule has 42 valence electrons. The van der Waals surface area contributed by atoms with E-state index in [9.17, 15) is 4.39 Å². The van der Waals surface area contributed by atoms with Gasteiger partial charge in [-0.1, -0.05) is 0 Å². The van der Waals surface area contributed by atoms with Crippen LogP contribution in [0.5, 0.6) is 0 Å². The topological polar surface area (TPSA) is 29.5 Å². The summed E-state index contributed by atoms with van der Waals surface area (Å²) in [7, 11) is 0. The van der Waals surface area contributed by atoms with Gasteiger partial charge < -0.3 is 9.84 Å². The summed E-state index contributed by atoms with van der Waals surface area (Å²) in [6.07, 6.45) is -2.03. The lowest BCUT2D eigenvalue weighted by Crippen LogP contribution is -2.17. The Hall–Kier alpha value is -0.150. The van der Waals surface area contributed by atoms with Crippen molar-refractivity contribution in [2.45, 2.75) is 12.3 Å². The van der Waals surface area contributed by atoms with Crippen LogP contribution in [0.25, 0.3) is 0 Å². The molecule has 0 radical (unpaired) electrons. The van der Waals surface area contributed by atoms with Gasteiger partial charge in [-0.3, -0.25) is 0 Å². The molecule has 1 rings (SSSR count). The first-order chi connectivity index (χ1) is 3.30. The first-order valence-electron chi connectivity index (χ1n) is 2.20. The molecule has 2 atom stereocenters. The average Bonchev–Trinajstić information content (AvgIpc) is 1.91. The van der Waals surface area contributed by atoms with Crippen LogP contribution in [0.15, 0.2) is 0 Å². The summed E-state index contributed by atoms with van der Waals surface area (Å²) in [6, 6.07) is 0. The molecule has 1 fully saturated rings. The van der Waals surface area contributed by atoms with Gasteiger partial charge in [-0.2, -0.15) is 0 Å². The molecule has 0 spiro atoms. The Labute approximate surface area is 40.9 Å². The van der Waals surface area contributed by atoms with E-state index >= 15 is 0 Å². The molecule has 1 aliphatic heterocycles. The third kappa shape index (κ3) is 0.894. The SMILES string of the molecule is OC1COCC1F. The van der Waals surface area contributed by atoms with Crippen molar-refractivity contribution in [2.75, 3.05) is 13.2 Å². The van der Waals surface area contributed by atoms with Gasteiger partial charge in [-0.25, -0.2) is 4.39 Å². The summed E-state index contributed by atoms with van der Waals surface area (Å²) in [6.45, 7) is 0.211. The van der Waals surface area contributed by atoms with Crippen LogP contribution in [-0.4, -0.2) is 30.6 Å². The van der Waals surface area contributed by atoms with Crippen molar-refractivity contribution in [3.8, 4) is 0 Å². The fraction of sp³-hybridized carbons (Fsp3) is 1.00. The van der Waals surface area contributed by atoms with Crippen LogP contribution >= 0.6 is 0 Å². The highest BCUT2D eigenvalue weighted by atomic mass is 19.1. The van der Waals surface area contributed by atoms with Gasteiger partial charge >= 0.3 is 0 Å². The van der Waals surface area contributed by atoms with Crippen molar-refractivity contribution in [1.29, 1.82) is 0 Å². The third-order valence-electron chi connectivity index (χ3n) is 0.983. The van der Waals surface area contributed by atoms with E-state index in [1.165, 1.54) is 0 Å². The maximum Gasteiger partial charge on any atom is 0.151 e. The van der Waals surface area contributed by atoms with Gasteiger partial charge in [0.2, 0.25) is 0 Å². The highest BCUT2D eigenvalue weighted by Gasteiger charge is 2.24. The van der Waals surface area contributed by atoms with Gasteiger partial charge in [0.05, 0.1) is 13.2 Å². The zero-order valence-corrected chi connectivity index (χ0v) is 3.80. The number of aliphatic hydroxyl groups is 1. The molecule has 1 saturated heterocycles. The van der Waals surface area contributed by atoms with Crippen LogP contribution in [0, 0.1) is 0 Å². The maximum atomic E-state index is 11.9. The lowest BCUT2D eigenvalue weighted by Gasteiger charge is -1.97. The molecule has 7 heavy (non-hydrogen) atoms. The first-order valence-corrected chi connectivity index (χ1v) is 2.20. The van der Waals surface area contributed by atoms with E-state index in [4.69, 9.17) is 5.11 Å². The Morgan fingerprint density at radius 3 is 2.43 bits per heavy atom. The van der Waals surface area contributed by atoms with Gasteiger partial charge in [0.1, 0.15) is 6.10 Å². The molecule has 0 aliphatic carbocycles. The zero-order chi connectivity index (χ0) is 5.28. The van der Waals surface area contributed by atoms with E-state index in [2.05, 4.69) is 4.74 Å². The maximum absolute atomic E-state index is 11.9. The predicted octanol–water partition coefficient (Wildman–Crippen LogP) is -0.284. The summed E-state index contributed by atoms with van der Waals surface area (Å²) in [5.74, 6) is 0. The van der Waals surface area contributed by atoms with E-state index in [-0.39, 0.29) is 13.2 Å². The second-order valence-electron chi connectivity index (χ2n) is 1.62. The average molecular weight is 106 g/mol. The fourth-order valence-electron chi connectivity index (χ4n) is 0.517. The summed E-state index contributed by atoms with van der Waals surface area (Å²) in [4.78, 5) is 0. The van der Waals surface area contributed by atoms with Crippen molar-refractivity contribution in [3.63, 3.8) is 0 Å². The summed E-state index contributed by atoms with van der Waals surface area (Å²) in [5.41, 5.74) is 0. The van der Waals surface area contributed by atoms with Crippen molar-refractivity contribution < 1.29 is 14.2 Å². The summed E-state index contributed by atoms with van der Waals surface area (Å²) < 4.78 is 16.5. The van der Waals surface area contributed by atoms with Crippen molar-refractivity contribution in [2.24, 2.45) is 0 Å². The number of hydrogen-bond donors (Lipinski definition) is 1. The molecule has 0 amide bonds. The van der Waals surface area contributed by atoms with Crippen molar-refractivity contribution in [3.05, 3.63) is 0 Å². The van der Waals surface area contributed by atoms with E-state index in [0.29, 0.717) is 0 Å². The van der Waals surface area contributed by atoms with E-state index in [1.807, 2.05) is 0 Å². The van der Waals surface area contributed by atoms with E-state index in [1.54, 1.807) is 0 Å². The van der Waals surface area contributed by atoms with E-state index in [0.717, 1.165) is 0 Å². The Kier molecular flexibility index (Phi) is 1.25. The molecular weight excluding hydrogens is 99.0 g/mol. The molecule has 0 aromatic heterocycles. The Morgan fingerprint density at radius 1 is 1.57 bits per heavy atom. The Morgan fingerprint density at radius 2 is 2.29 bits per heavy atom. The van der Waals surface area contributed by atoms with Gasteiger partial charge in [-0.15, -0.1) is 0 Å². The highest BCUT2D eigenvalue weighted by Crippen LogP contribution is 2.07. The van der Waals surface area contributed by atoms with Crippen LogP contribution < -0.4 is 0 Å². The number of ether oxygens (including phenoxy) is 1. The number of aliphatic hydroxyl groups excluding tert-OH is 1. The molecule has 0 aromatic carbocycles. The van der Waals surface area contributed by atoms with E-state index < -0.39 is 12.3 Å². The first kappa shape index (κ1) is 5.00. The van der Waals surface area contributed by atoms with Crippen LogP contribution in [0.1, 0.15) is 0 Å². The number of rotatable bonds is 0. The van der Waals surface area contributed by atoms with Crippen molar-refractivity contribution >= 4 is 0 Å². The Balaban J connectivity index is 2.33. The minimum Gasteiger partial charge on any atom is -0.388 e. The number of halogens is 1. The summed E-state index contributed by atoms with van der Waals surface area (Å²) in [5, 5.41) is 8.50. The van der Waals surface area contributed by atoms with Gasteiger partial charge in [-0.05, 0) is 0 Å². The molecule has 3 heteroatoms. The van der Waals surface area contributed by atoms with Crippen LogP contribution in [0.2, 0.25) is 0 Å². The minimum atomic E-state index is -1.15. The normalized spacial score (nSPS) is 42.0. The molecule has 0 bridgehead atoms. The van der Waals surface area contributed by atoms with Crippen LogP contribution in [0.3, 0.4) is 0 Å². The largest absolute Gasteiger partial charge is 0.388 e. The monoisotopic (exact) mass is 106 g/mol. The fourth-order valence-corrected chi connectivity index (χ4v) is 0.517. The van der Waals surface area contributed by atoms with Crippen LogP contribution in [0.4, 0.5) is 4.39 Å². The molecule has 2 unspecified atom stereocenters. The Bertz CT molecular complexity index is 58.7. The second kappa shape index (κ2) is 1.76. The van der Waals surface area contributed by atoms with Crippen LogP contribution in [-0.2, 0) is 4.74 Å².